The molecule has 0 aliphatic heterocycles. The molecule has 0 unspecified atom stereocenters. The SMILES string of the molecule is c1ccc(-c2ccc(-c3ccc(-c4cc(-c5ccc(-c6ccc(-c7ccccc7)cc6)cc5)nc(-c5ccc(-c6c7ccccc7cc7c6ccc6ccccc67)cc5)n4)cc3)cc2)cc1. The predicted octanol–water partition coefficient (Wildman–Crippen LogP) is 17.3. The average Bonchev–Trinajstić information content (AvgIpc) is 3.41. The van der Waals surface area contributed by atoms with Crippen molar-refractivity contribution >= 4 is 32.3 Å². The first-order chi connectivity index (χ1) is 32.7. The molecular weight excluding hydrogens is 797 g/mol. The van der Waals surface area contributed by atoms with Crippen LogP contribution in [0.2, 0.25) is 0 Å². The summed E-state index contributed by atoms with van der Waals surface area (Å²) in [5.41, 5.74) is 16.7. The molecule has 0 spiro atoms. The predicted molar refractivity (Wildman–Crippen MR) is 278 cm³/mol. The first kappa shape index (κ1) is 38.9. The lowest BCUT2D eigenvalue weighted by Gasteiger charge is -2.15. The van der Waals surface area contributed by atoms with Gasteiger partial charge >= 0.3 is 0 Å². The van der Waals surface area contributed by atoms with E-state index >= 15 is 0 Å². The van der Waals surface area contributed by atoms with E-state index in [1.54, 1.807) is 0 Å². The molecule has 12 aromatic rings. The van der Waals surface area contributed by atoms with Crippen LogP contribution in [0.15, 0.2) is 255 Å². The molecule has 12 rings (SSSR count). The van der Waals surface area contributed by atoms with Crippen LogP contribution in [-0.4, -0.2) is 9.97 Å². The van der Waals surface area contributed by atoms with Gasteiger partial charge in [-0.3, -0.25) is 0 Å². The van der Waals surface area contributed by atoms with Gasteiger partial charge in [0.2, 0.25) is 0 Å². The van der Waals surface area contributed by atoms with Crippen LogP contribution in [0, 0.1) is 0 Å². The molecule has 0 amide bonds. The van der Waals surface area contributed by atoms with E-state index in [0.717, 1.165) is 44.8 Å². The lowest BCUT2D eigenvalue weighted by Crippen LogP contribution is -1.96. The number of benzene rings is 11. The van der Waals surface area contributed by atoms with Gasteiger partial charge in [-0.2, -0.15) is 0 Å². The van der Waals surface area contributed by atoms with E-state index in [-0.39, 0.29) is 0 Å². The van der Waals surface area contributed by atoms with Crippen molar-refractivity contribution in [3.63, 3.8) is 0 Å². The van der Waals surface area contributed by atoms with Gasteiger partial charge in [-0.1, -0.05) is 243 Å². The van der Waals surface area contributed by atoms with Gasteiger partial charge in [0.25, 0.3) is 0 Å². The van der Waals surface area contributed by atoms with Gasteiger partial charge in [-0.05, 0) is 100 Å². The minimum atomic E-state index is 0.684. The van der Waals surface area contributed by atoms with Crippen LogP contribution < -0.4 is 0 Å². The molecular formula is C64H42N2. The Morgan fingerprint density at radius 3 is 1.05 bits per heavy atom. The molecule has 0 aliphatic rings. The number of hydrogen-bond acceptors (Lipinski definition) is 2. The topological polar surface area (TPSA) is 25.8 Å². The smallest absolute Gasteiger partial charge is 0.160 e. The maximum Gasteiger partial charge on any atom is 0.160 e. The van der Waals surface area contributed by atoms with Gasteiger partial charge in [-0.15, -0.1) is 0 Å². The molecule has 0 bridgehead atoms. The highest BCUT2D eigenvalue weighted by Crippen LogP contribution is 2.40. The maximum atomic E-state index is 5.27. The van der Waals surface area contributed by atoms with Crippen molar-refractivity contribution in [2.45, 2.75) is 0 Å². The Balaban J connectivity index is 0.918. The standard InChI is InChI=1S/C64H42N2/c1-3-11-43(12-4-1)45-19-23-47(24-20-45)49-27-31-52(32-28-49)61-42-62(53-33-29-50(30-34-53)48-25-21-46(22-26-48)44-13-5-2-6-14-44)66-64(65-61)55-37-35-54(36-38-55)63-58-18-10-8-16-56(58)41-60-57-17-9-7-15-51(57)39-40-59(60)63/h1-42H. The first-order valence-electron chi connectivity index (χ1n) is 22.5. The Labute approximate surface area is 384 Å². The average molecular weight is 839 g/mol. The molecule has 66 heavy (non-hydrogen) atoms. The molecule has 11 aromatic carbocycles. The number of nitrogens with zero attached hydrogens (tertiary/aromatic N) is 2. The number of rotatable bonds is 8. The lowest BCUT2D eigenvalue weighted by atomic mass is 9.89. The number of fused-ring (bicyclic) bond motifs is 4. The van der Waals surface area contributed by atoms with Gasteiger partial charge < -0.3 is 0 Å². The largest absolute Gasteiger partial charge is 0.228 e. The van der Waals surface area contributed by atoms with Crippen molar-refractivity contribution in [1.82, 2.24) is 9.97 Å². The summed E-state index contributed by atoms with van der Waals surface area (Å²) in [4.78, 5) is 10.5. The summed E-state index contributed by atoms with van der Waals surface area (Å²) >= 11 is 0. The quantitative estimate of drug-likeness (QED) is 0.113. The highest BCUT2D eigenvalue weighted by atomic mass is 14.9. The Morgan fingerprint density at radius 1 is 0.197 bits per heavy atom. The Hall–Kier alpha value is -8.72. The summed E-state index contributed by atoms with van der Waals surface area (Å²) in [5.74, 6) is 0.684. The van der Waals surface area contributed by atoms with Crippen molar-refractivity contribution < 1.29 is 0 Å². The zero-order valence-corrected chi connectivity index (χ0v) is 36.1. The molecule has 0 saturated carbocycles. The highest BCUT2D eigenvalue weighted by Gasteiger charge is 2.15. The molecule has 308 valence electrons. The zero-order chi connectivity index (χ0) is 43.8. The van der Waals surface area contributed by atoms with E-state index in [1.165, 1.54) is 71.3 Å². The highest BCUT2D eigenvalue weighted by molar-refractivity contribution is 6.20. The molecule has 2 nitrogen and oxygen atoms in total. The third-order valence-electron chi connectivity index (χ3n) is 12.9. The van der Waals surface area contributed by atoms with E-state index in [1.807, 2.05) is 0 Å². The summed E-state index contributed by atoms with van der Waals surface area (Å²) in [6.45, 7) is 0. The molecule has 0 atom stereocenters. The summed E-state index contributed by atoms with van der Waals surface area (Å²) in [6.07, 6.45) is 0. The van der Waals surface area contributed by atoms with Crippen LogP contribution in [0.5, 0.6) is 0 Å². The van der Waals surface area contributed by atoms with Gasteiger partial charge in [-0.25, -0.2) is 9.97 Å². The van der Waals surface area contributed by atoms with Crippen molar-refractivity contribution in [2.75, 3.05) is 0 Å². The normalized spacial score (nSPS) is 11.3. The summed E-state index contributed by atoms with van der Waals surface area (Å²) < 4.78 is 0. The van der Waals surface area contributed by atoms with E-state index in [2.05, 4.69) is 255 Å². The third-order valence-corrected chi connectivity index (χ3v) is 12.9. The van der Waals surface area contributed by atoms with Gasteiger partial charge in [0, 0.05) is 16.7 Å². The molecule has 0 radical (unpaired) electrons. The monoisotopic (exact) mass is 838 g/mol. The molecule has 1 aromatic heterocycles. The summed E-state index contributed by atoms with van der Waals surface area (Å²) in [6, 6.07) is 91.3. The minimum absolute atomic E-state index is 0.684. The van der Waals surface area contributed by atoms with Crippen molar-refractivity contribution in [3.05, 3.63) is 255 Å². The van der Waals surface area contributed by atoms with Crippen LogP contribution >= 0.6 is 0 Å². The van der Waals surface area contributed by atoms with Crippen LogP contribution in [0.1, 0.15) is 0 Å². The van der Waals surface area contributed by atoms with Crippen molar-refractivity contribution in [2.24, 2.45) is 0 Å². The van der Waals surface area contributed by atoms with Crippen LogP contribution in [0.3, 0.4) is 0 Å². The van der Waals surface area contributed by atoms with Crippen LogP contribution in [0.25, 0.3) is 122 Å². The number of aromatic nitrogens is 2. The van der Waals surface area contributed by atoms with Gasteiger partial charge in [0.1, 0.15) is 0 Å². The Bertz CT molecular complexity index is 3530. The van der Waals surface area contributed by atoms with E-state index in [9.17, 15) is 0 Å². The molecule has 0 aliphatic carbocycles. The Kier molecular flexibility index (Phi) is 9.89. The molecule has 1 heterocycles. The van der Waals surface area contributed by atoms with Crippen LogP contribution in [-0.2, 0) is 0 Å². The van der Waals surface area contributed by atoms with E-state index < -0.39 is 0 Å². The van der Waals surface area contributed by atoms with E-state index in [0.29, 0.717) is 5.82 Å². The van der Waals surface area contributed by atoms with Gasteiger partial charge in [0.15, 0.2) is 5.82 Å². The van der Waals surface area contributed by atoms with Crippen LogP contribution in [0.4, 0.5) is 0 Å². The summed E-state index contributed by atoms with van der Waals surface area (Å²) in [7, 11) is 0. The fraction of sp³-hybridized carbons (Fsp3) is 0. The fourth-order valence-electron chi connectivity index (χ4n) is 9.43. The van der Waals surface area contributed by atoms with Crippen molar-refractivity contribution in [3.8, 4) is 89.5 Å². The molecule has 0 N–H and O–H groups in total. The number of hydrogen-bond donors (Lipinski definition) is 0. The fourth-order valence-corrected chi connectivity index (χ4v) is 9.43. The zero-order valence-electron chi connectivity index (χ0n) is 36.1. The lowest BCUT2D eigenvalue weighted by molar-refractivity contribution is 1.18. The van der Waals surface area contributed by atoms with E-state index in [4.69, 9.17) is 9.97 Å². The summed E-state index contributed by atoms with van der Waals surface area (Å²) in [5, 5.41) is 7.48. The maximum absolute atomic E-state index is 5.27. The third kappa shape index (κ3) is 7.41. The van der Waals surface area contributed by atoms with Gasteiger partial charge in [0.05, 0.1) is 11.4 Å². The van der Waals surface area contributed by atoms with Crippen molar-refractivity contribution in [1.29, 1.82) is 0 Å². The second-order valence-electron chi connectivity index (χ2n) is 16.9. The second-order valence-corrected chi connectivity index (χ2v) is 16.9. The minimum Gasteiger partial charge on any atom is -0.228 e. The second kappa shape index (κ2) is 16.8. The molecule has 0 fully saturated rings. The molecule has 0 saturated heterocycles. The molecule has 2 heteroatoms. The first-order valence-corrected chi connectivity index (χ1v) is 22.5. The Morgan fingerprint density at radius 2 is 0.561 bits per heavy atom.